The van der Waals surface area contributed by atoms with E-state index in [1.807, 2.05) is 13.8 Å². The highest BCUT2D eigenvalue weighted by molar-refractivity contribution is 5.90. The number of ketones is 1. The maximum atomic E-state index is 14.5. The summed E-state index contributed by atoms with van der Waals surface area (Å²) in [5.41, 5.74) is -0.999. The smallest absolute Gasteiger partial charge is 0.303 e. The predicted molar refractivity (Wildman–Crippen MR) is 170 cm³/mol. The van der Waals surface area contributed by atoms with Gasteiger partial charge in [0.25, 0.3) is 0 Å². The van der Waals surface area contributed by atoms with Crippen LogP contribution in [0.5, 0.6) is 0 Å². The number of fused-ring (bicyclic) bond motifs is 4. The third kappa shape index (κ3) is 5.07. The van der Waals surface area contributed by atoms with Crippen molar-refractivity contribution in [2.45, 2.75) is 168 Å². The Morgan fingerprint density at radius 2 is 1.65 bits per heavy atom. The van der Waals surface area contributed by atoms with E-state index < -0.39 is 48.4 Å². The molecule has 2 spiro atoms. The van der Waals surface area contributed by atoms with Crippen LogP contribution in [0.4, 0.5) is 0 Å². The summed E-state index contributed by atoms with van der Waals surface area (Å²) >= 11 is 0. The topological polar surface area (TPSA) is 132 Å². The molecule has 2 aliphatic heterocycles. The van der Waals surface area contributed by atoms with Gasteiger partial charge in [-0.25, -0.2) is 0 Å². The Morgan fingerprint density at radius 1 is 0.957 bits per heavy atom. The van der Waals surface area contributed by atoms with Crippen LogP contribution in [0.3, 0.4) is 0 Å². The van der Waals surface area contributed by atoms with Crippen molar-refractivity contribution >= 4 is 11.8 Å². The summed E-state index contributed by atoms with van der Waals surface area (Å²) in [7, 11) is 0. The van der Waals surface area contributed by atoms with Crippen molar-refractivity contribution in [1.82, 2.24) is 0 Å². The minimum absolute atomic E-state index is 0.0136. The number of carbonyl (C=O) groups excluding carboxylic acids is 2. The molecule has 2 heterocycles. The highest BCUT2D eigenvalue weighted by atomic mass is 16.7. The number of carbonyl (C=O) groups is 2. The largest absolute Gasteiger partial charge is 0.457 e. The Bertz CT molecular complexity index is 1180. The number of rotatable bonds is 5. The summed E-state index contributed by atoms with van der Waals surface area (Å²) in [4.78, 5) is 26.4. The lowest BCUT2D eigenvalue weighted by Gasteiger charge is -2.59. The van der Waals surface area contributed by atoms with Crippen LogP contribution in [0.15, 0.2) is 0 Å². The van der Waals surface area contributed by atoms with E-state index in [1.54, 1.807) is 13.8 Å². The van der Waals surface area contributed by atoms with Gasteiger partial charge in [0, 0.05) is 19.3 Å². The van der Waals surface area contributed by atoms with E-state index >= 15 is 0 Å². The first-order valence-corrected chi connectivity index (χ1v) is 18.3. The van der Waals surface area contributed by atoms with Crippen molar-refractivity contribution in [1.29, 1.82) is 0 Å². The molecule has 0 aromatic rings. The minimum Gasteiger partial charge on any atom is -0.457 e. The van der Waals surface area contributed by atoms with Crippen molar-refractivity contribution < 1.29 is 43.9 Å². The van der Waals surface area contributed by atoms with E-state index in [0.717, 1.165) is 44.9 Å². The second kappa shape index (κ2) is 11.8. The molecule has 7 fully saturated rings. The van der Waals surface area contributed by atoms with E-state index in [1.165, 1.54) is 13.3 Å². The van der Waals surface area contributed by atoms with E-state index in [2.05, 4.69) is 20.8 Å². The molecule has 5 aliphatic carbocycles. The van der Waals surface area contributed by atoms with Gasteiger partial charge >= 0.3 is 5.97 Å². The second-order valence-corrected chi connectivity index (χ2v) is 17.2. The van der Waals surface area contributed by atoms with Gasteiger partial charge in [-0.05, 0) is 111 Å². The lowest BCUT2D eigenvalue weighted by molar-refractivity contribution is -0.263. The first-order valence-electron chi connectivity index (χ1n) is 18.3. The Hall–Kier alpha value is -1.10. The molecule has 0 amide bonds. The Kier molecular flexibility index (Phi) is 8.88. The second-order valence-electron chi connectivity index (χ2n) is 17.2. The SMILES string of the molecule is CC.CC(=O)O[C@@H](C1CC[C@H]2C(O1)C(=O)C1C3CC[C@H]4C(C)(C)[C@@H](OC5CC(O)C(O)CO5)CCC45C[C@@]35CCC12C)C(C)(C)O. The minimum atomic E-state index is -1.27. The molecule has 9 nitrogen and oxygen atoms in total. The van der Waals surface area contributed by atoms with Crippen LogP contribution in [0, 0.1) is 45.3 Å². The van der Waals surface area contributed by atoms with Crippen molar-refractivity contribution in [3.05, 3.63) is 0 Å². The molecule has 5 saturated carbocycles. The molecule has 9 heteroatoms. The zero-order valence-corrected chi connectivity index (χ0v) is 29.4. The van der Waals surface area contributed by atoms with E-state index in [4.69, 9.17) is 18.9 Å². The Labute approximate surface area is 275 Å². The average molecular weight is 649 g/mol. The summed E-state index contributed by atoms with van der Waals surface area (Å²) in [5, 5.41) is 30.9. The fourth-order valence-corrected chi connectivity index (χ4v) is 12.3. The van der Waals surface area contributed by atoms with Gasteiger partial charge in [-0.2, -0.15) is 0 Å². The molecule has 0 bridgehead atoms. The summed E-state index contributed by atoms with van der Waals surface area (Å²) in [6.45, 7) is 15.8. The van der Waals surface area contributed by atoms with Crippen LogP contribution >= 0.6 is 0 Å². The van der Waals surface area contributed by atoms with Crippen molar-refractivity contribution in [2.24, 2.45) is 45.3 Å². The highest BCUT2D eigenvalue weighted by Gasteiger charge is 2.82. The zero-order valence-electron chi connectivity index (χ0n) is 29.4. The first kappa shape index (κ1) is 34.8. The molecule has 2 saturated heterocycles. The fraction of sp³-hybridized carbons (Fsp3) is 0.946. The highest BCUT2D eigenvalue weighted by Crippen LogP contribution is 2.87. The quantitative estimate of drug-likeness (QED) is 0.280. The molecule has 3 N–H and O–H groups in total. The molecular weight excluding hydrogens is 588 g/mol. The van der Waals surface area contributed by atoms with Crippen molar-refractivity contribution in [2.75, 3.05) is 6.61 Å². The first-order chi connectivity index (χ1) is 21.5. The lowest BCUT2D eigenvalue weighted by Crippen LogP contribution is -2.56. The van der Waals surface area contributed by atoms with Crippen LogP contribution in [-0.2, 0) is 28.5 Å². The maximum Gasteiger partial charge on any atom is 0.303 e. The molecule has 0 radical (unpaired) electrons. The van der Waals surface area contributed by atoms with Gasteiger partial charge in [-0.3, -0.25) is 9.59 Å². The molecule has 7 aliphatic rings. The van der Waals surface area contributed by atoms with Crippen molar-refractivity contribution in [3.63, 3.8) is 0 Å². The fourth-order valence-electron chi connectivity index (χ4n) is 12.3. The number of Topliss-reactive ketones (excluding diaryl/α,β-unsaturated/α-hetero) is 1. The number of ether oxygens (including phenoxy) is 4. The average Bonchev–Trinajstić information content (AvgIpc) is 3.61. The Morgan fingerprint density at radius 3 is 2.30 bits per heavy atom. The zero-order chi connectivity index (χ0) is 33.6. The molecule has 7 rings (SSSR count). The van der Waals surface area contributed by atoms with Gasteiger partial charge in [0.1, 0.15) is 12.2 Å². The van der Waals surface area contributed by atoms with E-state index in [0.29, 0.717) is 24.7 Å². The van der Waals surface area contributed by atoms with Crippen LogP contribution in [0.25, 0.3) is 0 Å². The summed E-state index contributed by atoms with van der Waals surface area (Å²) in [5.74, 6) is 0.804. The molecule has 46 heavy (non-hydrogen) atoms. The van der Waals surface area contributed by atoms with E-state index in [-0.39, 0.29) is 52.0 Å². The van der Waals surface area contributed by atoms with Gasteiger partial charge in [0.15, 0.2) is 18.2 Å². The van der Waals surface area contributed by atoms with Gasteiger partial charge in [0.05, 0.1) is 30.5 Å². The molecule has 0 aromatic carbocycles. The number of aliphatic hydroxyl groups is 3. The van der Waals surface area contributed by atoms with Crippen LogP contribution < -0.4 is 0 Å². The van der Waals surface area contributed by atoms with Gasteiger partial charge in [-0.1, -0.05) is 34.6 Å². The standard InChI is InChI=1S/C35H54O9.C2H6/c1-18(36)42-30(32(4,5)40)23-9-7-20-29(43-23)28(39)27-19-8-10-24-31(2,3)25(44-26-15-21(37)22(38)16-41-26)11-12-35(24)17-34(19,35)14-13-33(20,27)6;1-2/h19-27,29-30,37-38,40H,7-17H2,1-6H3;1-2H3/t19?,20-,21?,22?,23?,24-,25-,26?,27?,29?,30-,33?,34-,35?;/m0./s1. The normalized spacial score (nSPS) is 49.5. The number of hydrogen-bond acceptors (Lipinski definition) is 9. The Balaban J connectivity index is 0.00000182. The van der Waals surface area contributed by atoms with Crippen molar-refractivity contribution in [3.8, 4) is 0 Å². The molecule has 9 unspecified atom stereocenters. The number of aliphatic hydroxyl groups excluding tert-OH is 2. The lowest BCUT2D eigenvalue weighted by atomic mass is 9.46. The van der Waals surface area contributed by atoms with Gasteiger partial charge < -0.3 is 34.3 Å². The third-order valence-electron chi connectivity index (χ3n) is 14.3. The summed E-state index contributed by atoms with van der Waals surface area (Å²) in [6, 6.07) is 0. The van der Waals surface area contributed by atoms with E-state index in [9.17, 15) is 24.9 Å². The monoisotopic (exact) mass is 648 g/mol. The number of hydrogen-bond donors (Lipinski definition) is 3. The molecule has 0 aromatic heterocycles. The summed E-state index contributed by atoms with van der Waals surface area (Å²) < 4.78 is 24.5. The van der Waals surface area contributed by atoms with Crippen LogP contribution in [-0.4, -0.2) is 82.2 Å². The molecule has 262 valence electrons. The third-order valence-corrected chi connectivity index (χ3v) is 14.3. The van der Waals surface area contributed by atoms with Gasteiger partial charge in [-0.15, -0.1) is 0 Å². The maximum absolute atomic E-state index is 14.5. The number of esters is 1. The van der Waals surface area contributed by atoms with Crippen LogP contribution in [0.2, 0.25) is 0 Å². The molecular formula is C37H60O9. The van der Waals surface area contributed by atoms with Crippen LogP contribution in [0.1, 0.15) is 120 Å². The molecule has 14 atom stereocenters. The predicted octanol–water partition coefficient (Wildman–Crippen LogP) is 4.95. The summed E-state index contributed by atoms with van der Waals surface area (Å²) in [6.07, 6.45) is 5.40. The van der Waals surface area contributed by atoms with Gasteiger partial charge in [0.2, 0.25) is 0 Å².